The average molecular weight is 420 g/mol. The van der Waals surface area contributed by atoms with Crippen molar-refractivity contribution < 1.29 is 22.7 Å². The second-order valence-electron chi connectivity index (χ2n) is 6.32. The molecular weight excluding hydrogens is 394 g/mol. The van der Waals surface area contributed by atoms with Gasteiger partial charge < -0.3 is 4.74 Å². The number of anilines is 1. The number of hydrogen-bond acceptors (Lipinski definition) is 5. The molecule has 0 fully saturated rings. The highest BCUT2D eigenvalue weighted by Gasteiger charge is 2.17. The van der Waals surface area contributed by atoms with Gasteiger partial charge >= 0.3 is 0 Å². The van der Waals surface area contributed by atoms with Gasteiger partial charge in [0.15, 0.2) is 0 Å². The van der Waals surface area contributed by atoms with Gasteiger partial charge in [0.2, 0.25) is 5.91 Å². The van der Waals surface area contributed by atoms with Crippen molar-refractivity contribution in [2.45, 2.75) is 37.5 Å². The summed E-state index contributed by atoms with van der Waals surface area (Å²) in [5, 5.41) is 0. The SMILES string of the molecule is CCCCCC(=O)NNC(=O)c1cccc(S(=O)(=O)Nc2ccc(OC)cc2)c1. The molecule has 2 aromatic carbocycles. The zero-order valence-electron chi connectivity index (χ0n) is 16.4. The van der Waals surface area contributed by atoms with Gasteiger partial charge in [-0.05, 0) is 48.9 Å². The summed E-state index contributed by atoms with van der Waals surface area (Å²) in [7, 11) is -2.38. The third-order valence-corrected chi connectivity index (χ3v) is 5.45. The largest absolute Gasteiger partial charge is 0.497 e. The summed E-state index contributed by atoms with van der Waals surface area (Å²) in [5.74, 6) is -0.296. The van der Waals surface area contributed by atoms with Crippen molar-refractivity contribution in [3.05, 3.63) is 54.1 Å². The number of ether oxygens (including phenoxy) is 1. The van der Waals surface area contributed by atoms with Crippen molar-refractivity contribution in [1.82, 2.24) is 10.9 Å². The van der Waals surface area contributed by atoms with Gasteiger partial charge in [-0.15, -0.1) is 0 Å². The first-order valence-electron chi connectivity index (χ1n) is 9.22. The molecule has 0 aliphatic rings. The lowest BCUT2D eigenvalue weighted by molar-refractivity contribution is -0.121. The van der Waals surface area contributed by atoms with Crippen LogP contribution in [-0.2, 0) is 14.8 Å². The predicted molar refractivity (Wildman–Crippen MR) is 110 cm³/mol. The number of hydrogen-bond donors (Lipinski definition) is 3. The van der Waals surface area contributed by atoms with Crippen LogP contribution >= 0.6 is 0 Å². The van der Waals surface area contributed by atoms with Crippen LogP contribution in [0.15, 0.2) is 53.4 Å². The van der Waals surface area contributed by atoms with E-state index in [1.165, 1.54) is 31.4 Å². The number of nitrogens with one attached hydrogen (secondary N) is 3. The van der Waals surface area contributed by atoms with E-state index in [9.17, 15) is 18.0 Å². The summed E-state index contributed by atoms with van der Waals surface area (Å²) < 4.78 is 32.7. The highest BCUT2D eigenvalue weighted by molar-refractivity contribution is 7.92. The van der Waals surface area contributed by atoms with Crippen LogP contribution in [-0.4, -0.2) is 27.3 Å². The summed E-state index contributed by atoms with van der Waals surface area (Å²) in [4.78, 5) is 23.8. The van der Waals surface area contributed by atoms with E-state index in [4.69, 9.17) is 4.74 Å². The molecule has 0 aliphatic carbocycles. The number of rotatable bonds is 9. The summed E-state index contributed by atoms with van der Waals surface area (Å²) in [6.45, 7) is 2.03. The smallest absolute Gasteiger partial charge is 0.269 e. The van der Waals surface area contributed by atoms with Crippen LogP contribution in [0.3, 0.4) is 0 Å². The molecule has 0 spiro atoms. The number of amides is 2. The monoisotopic (exact) mass is 419 g/mol. The van der Waals surface area contributed by atoms with E-state index in [0.29, 0.717) is 17.9 Å². The van der Waals surface area contributed by atoms with Gasteiger partial charge in [0.25, 0.3) is 15.9 Å². The predicted octanol–water partition coefficient (Wildman–Crippen LogP) is 2.84. The number of sulfonamides is 1. The highest BCUT2D eigenvalue weighted by atomic mass is 32.2. The fraction of sp³-hybridized carbons (Fsp3) is 0.300. The zero-order chi connectivity index (χ0) is 21.3. The molecule has 0 aliphatic heterocycles. The fourth-order valence-electron chi connectivity index (χ4n) is 2.47. The summed E-state index contributed by atoms with van der Waals surface area (Å²) in [6, 6.07) is 11.9. The van der Waals surface area contributed by atoms with E-state index in [0.717, 1.165) is 19.3 Å². The molecule has 0 unspecified atom stereocenters. The number of hydrazine groups is 1. The van der Waals surface area contributed by atoms with Gasteiger partial charge in [-0.1, -0.05) is 25.8 Å². The van der Waals surface area contributed by atoms with E-state index in [1.54, 1.807) is 24.3 Å². The van der Waals surface area contributed by atoms with Crippen molar-refractivity contribution in [3.63, 3.8) is 0 Å². The Morgan fingerprint density at radius 3 is 2.38 bits per heavy atom. The molecule has 156 valence electrons. The first-order valence-corrected chi connectivity index (χ1v) is 10.7. The lowest BCUT2D eigenvalue weighted by Crippen LogP contribution is -2.41. The quantitative estimate of drug-likeness (QED) is 0.427. The second kappa shape index (κ2) is 10.5. The Balaban J connectivity index is 2.03. The molecule has 2 amide bonds. The third kappa shape index (κ3) is 6.79. The molecule has 0 saturated carbocycles. The van der Waals surface area contributed by atoms with Crippen LogP contribution in [0.2, 0.25) is 0 Å². The normalized spacial score (nSPS) is 10.8. The lowest BCUT2D eigenvalue weighted by Gasteiger charge is -2.11. The minimum Gasteiger partial charge on any atom is -0.497 e. The van der Waals surface area contributed by atoms with Gasteiger partial charge in [-0.2, -0.15) is 0 Å². The molecule has 2 rings (SSSR count). The maximum atomic E-state index is 12.6. The number of carbonyl (C=O) groups is 2. The first kappa shape index (κ1) is 22.2. The number of unbranched alkanes of at least 4 members (excludes halogenated alkanes) is 2. The van der Waals surface area contributed by atoms with E-state index >= 15 is 0 Å². The third-order valence-electron chi connectivity index (χ3n) is 4.07. The minimum absolute atomic E-state index is 0.0739. The molecule has 9 heteroatoms. The molecule has 2 aromatic rings. The average Bonchev–Trinajstić information content (AvgIpc) is 2.72. The number of benzene rings is 2. The van der Waals surface area contributed by atoms with Gasteiger partial charge in [0, 0.05) is 17.7 Å². The molecule has 0 atom stereocenters. The van der Waals surface area contributed by atoms with E-state index in [-0.39, 0.29) is 16.4 Å². The van der Waals surface area contributed by atoms with Crippen LogP contribution < -0.4 is 20.3 Å². The Morgan fingerprint density at radius 2 is 1.72 bits per heavy atom. The van der Waals surface area contributed by atoms with Crippen LogP contribution in [0, 0.1) is 0 Å². The summed E-state index contributed by atoms with van der Waals surface area (Å²) in [5.41, 5.74) is 5.10. The van der Waals surface area contributed by atoms with Crippen molar-refractivity contribution in [3.8, 4) is 5.75 Å². The van der Waals surface area contributed by atoms with E-state index in [2.05, 4.69) is 15.6 Å². The molecular formula is C20H25N3O5S. The standard InChI is InChI=1S/C20H25N3O5S/c1-3-4-5-9-19(24)21-22-20(25)15-7-6-8-18(14-15)29(26,27)23-16-10-12-17(28-2)13-11-16/h6-8,10-14,23H,3-5,9H2,1-2H3,(H,21,24)(H,22,25). The molecule has 0 aromatic heterocycles. The zero-order valence-corrected chi connectivity index (χ0v) is 17.2. The Bertz CT molecular complexity index is 943. The second-order valence-corrected chi connectivity index (χ2v) is 8.00. The molecule has 3 N–H and O–H groups in total. The van der Waals surface area contributed by atoms with E-state index < -0.39 is 15.9 Å². The Hall–Kier alpha value is -3.07. The van der Waals surface area contributed by atoms with Crippen LogP contribution in [0.1, 0.15) is 43.0 Å². The van der Waals surface area contributed by atoms with Crippen LogP contribution in [0.25, 0.3) is 0 Å². The molecule has 29 heavy (non-hydrogen) atoms. The van der Waals surface area contributed by atoms with Crippen molar-refractivity contribution in [1.29, 1.82) is 0 Å². The van der Waals surface area contributed by atoms with Gasteiger partial charge in [-0.25, -0.2) is 8.42 Å². The Labute approximate surface area is 170 Å². The summed E-state index contributed by atoms with van der Waals surface area (Å²) >= 11 is 0. The molecule has 0 saturated heterocycles. The topological polar surface area (TPSA) is 114 Å². The Morgan fingerprint density at radius 1 is 1.00 bits per heavy atom. The van der Waals surface area contributed by atoms with Gasteiger partial charge in [0.05, 0.1) is 12.0 Å². The van der Waals surface area contributed by atoms with E-state index in [1.807, 2.05) is 6.92 Å². The Kier molecular flexibility index (Phi) is 8.02. The fourth-order valence-corrected chi connectivity index (χ4v) is 3.58. The lowest BCUT2D eigenvalue weighted by atomic mass is 10.2. The minimum atomic E-state index is -3.89. The number of carbonyl (C=O) groups excluding carboxylic acids is 2. The number of methoxy groups -OCH3 is 1. The maximum absolute atomic E-state index is 12.6. The van der Waals surface area contributed by atoms with Gasteiger partial charge in [-0.3, -0.25) is 25.2 Å². The van der Waals surface area contributed by atoms with Crippen LogP contribution in [0.5, 0.6) is 5.75 Å². The van der Waals surface area contributed by atoms with Crippen molar-refractivity contribution >= 4 is 27.5 Å². The van der Waals surface area contributed by atoms with Crippen molar-refractivity contribution in [2.24, 2.45) is 0 Å². The molecule has 0 heterocycles. The molecule has 8 nitrogen and oxygen atoms in total. The van der Waals surface area contributed by atoms with Crippen LogP contribution in [0.4, 0.5) is 5.69 Å². The molecule has 0 bridgehead atoms. The van der Waals surface area contributed by atoms with Crippen molar-refractivity contribution in [2.75, 3.05) is 11.8 Å². The first-order chi connectivity index (χ1) is 13.9. The maximum Gasteiger partial charge on any atom is 0.269 e. The molecule has 0 radical (unpaired) electrons. The van der Waals surface area contributed by atoms with Gasteiger partial charge in [0.1, 0.15) is 5.75 Å². The highest BCUT2D eigenvalue weighted by Crippen LogP contribution is 2.20. The summed E-state index contributed by atoms with van der Waals surface area (Å²) in [6.07, 6.45) is 2.98.